The highest BCUT2D eigenvalue weighted by atomic mass is 28.2. The Morgan fingerprint density at radius 1 is 0.490 bits per heavy atom. The summed E-state index contributed by atoms with van der Waals surface area (Å²) in [6.07, 6.45) is 0. The molecular weight excluding hydrogens is 631 g/mol. The van der Waals surface area contributed by atoms with Gasteiger partial charge in [0.05, 0.1) is 9.52 Å². The van der Waals surface area contributed by atoms with E-state index in [4.69, 9.17) is 0 Å². The van der Waals surface area contributed by atoms with Gasteiger partial charge in [0.2, 0.25) is 0 Å². The van der Waals surface area contributed by atoms with Crippen molar-refractivity contribution in [2.75, 3.05) is 9.80 Å². The second kappa shape index (κ2) is 12.0. The number of hydrogen-bond donors (Lipinski definition) is 0. The number of para-hydroxylation sites is 1. The second-order valence-electron chi connectivity index (χ2n) is 19.1. The molecule has 2 radical (unpaired) electrons. The Bertz CT molecular complexity index is 2130. The van der Waals surface area contributed by atoms with E-state index in [0.717, 1.165) is 9.52 Å². The summed E-state index contributed by atoms with van der Waals surface area (Å²) >= 11 is 0. The number of benzene rings is 5. The van der Waals surface area contributed by atoms with Crippen LogP contribution in [0.2, 0.25) is 5.04 Å². The molecule has 0 amide bonds. The molecular formula is C47H55BN2Si. The maximum atomic E-state index is 2.60. The first-order chi connectivity index (χ1) is 23.7. The minimum atomic E-state index is -0.0277. The second-order valence-corrected chi connectivity index (χ2v) is 21.4. The van der Waals surface area contributed by atoms with Crippen molar-refractivity contribution in [3.63, 3.8) is 0 Å². The van der Waals surface area contributed by atoms with E-state index in [2.05, 4.69) is 197 Å². The minimum absolute atomic E-state index is 0.0231. The van der Waals surface area contributed by atoms with E-state index in [9.17, 15) is 0 Å². The van der Waals surface area contributed by atoms with Crippen LogP contribution in [0.3, 0.4) is 0 Å². The van der Waals surface area contributed by atoms with E-state index in [1.165, 1.54) is 78.0 Å². The molecule has 0 N–H and O–H groups in total. The highest BCUT2D eigenvalue weighted by Gasteiger charge is 2.44. The van der Waals surface area contributed by atoms with Crippen molar-refractivity contribution in [2.45, 2.75) is 111 Å². The third-order valence-corrected chi connectivity index (χ3v) is 11.9. The fourth-order valence-corrected chi connectivity index (χ4v) is 9.33. The summed E-state index contributed by atoms with van der Waals surface area (Å²) in [5, 5.41) is 1.64. The van der Waals surface area contributed by atoms with Gasteiger partial charge >= 0.3 is 0 Å². The maximum Gasteiger partial charge on any atom is 0.252 e. The maximum absolute atomic E-state index is 2.60. The average molecular weight is 687 g/mol. The lowest BCUT2D eigenvalue weighted by molar-refractivity contribution is 0.590. The van der Waals surface area contributed by atoms with Crippen molar-refractivity contribution < 1.29 is 0 Å². The number of anilines is 6. The van der Waals surface area contributed by atoms with E-state index in [1.807, 2.05) is 0 Å². The molecule has 2 nitrogen and oxygen atoms in total. The van der Waals surface area contributed by atoms with E-state index in [0.29, 0.717) is 0 Å². The Hall–Kier alpha value is -4.02. The van der Waals surface area contributed by atoms with Crippen molar-refractivity contribution in [1.29, 1.82) is 0 Å². The summed E-state index contributed by atoms with van der Waals surface area (Å²) in [4.78, 5) is 5.15. The lowest BCUT2D eigenvalue weighted by Gasteiger charge is -2.45. The van der Waals surface area contributed by atoms with Crippen LogP contribution in [0.4, 0.5) is 34.1 Å². The smallest absolute Gasteiger partial charge is 0.252 e. The average Bonchev–Trinajstić information content (AvgIpc) is 3.02. The molecule has 4 heteroatoms. The van der Waals surface area contributed by atoms with Crippen LogP contribution in [0.1, 0.15) is 105 Å². The molecule has 2 heterocycles. The molecule has 0 spiro atoms. The SMILES string of the molecule is Cc1cc2c3c(c1)N(c1ccccc1C(C)(C)C)c1ccc([Si]C(C)(C)C)cc1B3c1cc(C(C)(C)C)ccc1N2c1ccc(C(C)(C)C)cc1. The molecule has 260 valence electrons. The highest BCUT2D eigenvalue weighted by Crippen LogP contribution is 2.47. The highest BCUT2D eigenvalue weighted by molar-refractivity contribution is 7.00. The molecule has 0 fully saturated rings. The number of rotatable bonds is 3. The third-order valence-electron chi connectivity index (χ3n) is 10.5. The van der Waals surface area contributed by atoms with Crippen LogP contribution in [-0.4, -0.2) is 16.2 Å². The van der Waals surface area contributed by atoms with Crippen LogP contribution >= 0.6 is 0 Å². The zero-order chi connectivity index (χ0) is 36.8. The minimum Gasteiger partial charge on any atom is -0.311 e. The first-order valence-electron chi connectivity index (χ1n) is 18.7. The number of hydrogen-bond acceptors (Lipinski definition) is 2. The molecule has 0 aromatic heterocycles. The van der Waals surface area contributed by atoms with Gasteiger partial charge in [-0.3, -0.25) is 0 Å². The summed E-state index contributed by atoms with van der Waals surface area (Å²) in [6.45, 7) is 30.4. The Morgan fingerprint density at radius 3 is 1.65 bits per heavy atom. The zero-order valence-corrected chi connectivity index (χ0v) is 34.2. The van der Waals surface area contributed by atoms with Gasteiger partial charge in [-0.2, -0.15) is 0 Å². The Labute approximate surface area is 311 Å². The quantitative estimate of drug-likeness (QED) is 0.171. The molecule has 5 aromatic rings. The van der Waals surface area contributed by atoms with E-state index >= 15 is 0 Å². The largest absolute Gasteiger partial charge is 0.311 e. The molecule has 2 aliphatic heterocycles. The van der Waals surface area contributed by atoms with Gasteiger partial charge in [-0.25, -0.2) is 0 Å². The van der Waals surface area contributed by atoms with Gasteiger partial charge < -0.3 is 9.80 Å². The van der Waals surface area contributed by atoms with Crippen LogP contribution in [0.15, 0.2) is 97.1 Å². The molecule has 0 bridgehead atoms. The Balaban J connectivity index is 1.59. The standard InChI is InChI=1S/C47H55BN2Si/c1-30-26-41-43-42(27-30)50(38-17-15-14-16-35(38)46(8,9)10)40-25-23-34(51-47(11,12)13)29-37(40)48(43)36-28-32(45(5,6)7)20-24-39(36)49(41)33-21-18-31(19-22-33)44(2,3)4/h14-29H,1-13H3. The van der Waals surface area contributed by atoms with Gasteiger partial charge in [0.15, 0.2) is 0 Å². The fraction of sp³-hybridized carbons (Fsp3) is 0.362. The Morgan fingerprint density at radius 2 is 1.04 bits per heavy atom. The van der Waals surface area contributed by atoms with Crippen molar-refractivity contribution >= 4 is 71.9 Å². The lowest BCUT2D eigenvalue weighted by Crippen LogP contribution is -2.62. The van der Waals surface area contributed by atoms with Crippen molar-refractivity contribution in [3.05, 3.63) is 119 Å². The third kappa shape index (κ3) is 6.39. The van der Waals surface area contributed by atoms with Gasteiger partial charge in [-0.1, -0.05) is 143 Å². The monoisotopic (exact) mass is 686 g/mol. The first-order valence-corrected chi connectivity index (χ1v) is 19.7. The van der Waals surface area contributed by atoms with Gasteiger partial charge in [0.25, 0.3) is 6.71 Å². The topological polar surface area (TPSA) is 6.48 Å². The van der Waals surface area contributed by atoms with E-state index in [-0.39, 0.29) is 28.0 Å². The van der Waals surface area contributed by atoms with Crippen molar-refractivity contribution in [2.24, 2.45) is 0 Å². The summed E-state index contributed by atoms with van der Waals surface area (Å²) in [5.74, 6) is 0. The normalized spacial score (nSPS) is 14.3. The predicted octanol–water partition coefficient (Wildman–Crippen LogP) is 10.5. The van der Waals surface area contributed by atoms with Gasteiger partial charge in [-0.05, 0) is 109 Å². The number of nitrogens with zero attached hydrogens (tertiary/aromatic N) is 2. The molecule has 5 aromatic carbocycles. The fourth-order valence-electron chi connectivity index (χ4n) is 8.07. The van der Waals surface area contributed by atoms with Gasteiger partial charge in [0, 0.05) is 34.1 Å². The number of aryl methyl sites for hydroxylation is 1. The van der Waals surface area contributed by atoms with E-state index < -0.39 is 0 Å². The van der Waals surface area contributed by atoms with Crippen molar-refractivity contribution in [3.8, 4) is 0 Å². The summed E-state index contributed by atoms with van der Waals surface area (Å²) in [5.41, 5.74) is 17.2. The van der Waals surface area contributed by atoms with Crippen LogP contribution < -0.4 is 31.4 Å². The number of fused-ring (bicyclic) bond motifs is 4. The predicted molar refractivity (Wildman–Crippen MR) is 226 cm³/mol. The molecule has 0 aliphatic carbocycles. The van der Waals surface area contributed by atoms with E-state index in [1.54, 1.807) is 0 Å². The Kier molecular flexibility index (Phi) is 8.34. The van der Waals surface area contributed by atoms with Crippen LogP contribution in [0.5, 0.6) is 0 Å². The molecule has 2 aliphatic rings. The van der Waals surface area contributed by atoms with Crippen molar-refractivity contribution in [1.82, 2.24) is 0 Å². The summed E-state index contributed by atoms with van der Waals surface area (Å²) in [7, 11) is 0.719. The van der Waals surface area contributed by atoms with Crippen LogP contribution in [0, 0.1) is 6.92 Å². The lowest BCUT2D eigenvalue weighted by atomic mass is 9.33. The molecule has 51 heavy (non-hydrogen) atoms. The molecule has 0 atom stereocenters. The van der Waals surface area contributed by atoms with Gasteiger partial charge in [-0.15, -0.1) is 0 Å². The molecule has 7 rings (SSSR count). The zero-order valence-electron chi connectivity index (χ0n) is 33.2. The molecule has 0 saturated heterocycles. The van der Waals surface area contributed by atoms with Gasteiger partial charge in [0.1, 0.15) is 0 Å². The van der Waals surface area contributed by atoms with Crippen LogP contribution in [-0.2, 0) is 16.2 Å². The summed E-state index contributed by atoms with van der Waals surface area (Å²) < 4.78 is 0. The first kappa shape index (κ1) is 35.4. The summed E-state index contributed by atoms with van der Waals surface area (Å²) in [6, 6.07) is 38.0. The molecule has 0 saturated carbocycles. The van der Waals surface area contributed by atoms with Crippen LogP contribution in [0.25, 0.3) is 0 Å². The molecule has 0 unspecified atom stereocenters.